The first kappa shape index (κ1) is 22.3. The Balaban J connectivity index is 1.74. The maximum absolute atomic E-state index is 12.6. The van der Waals surface area contributed by atoms with Crippen LogP contribution in [-0.2, 0) is 11.2 Å². The Morgan fingerprint density at radius 1 is 1.32 bits per heavy atom. The van der Waals surface area contributed by atoms with Gasteiger partial charge in [0.1, 0.15) is 24.0 Å². The van der Waals surface area contributed by atoms with Crippen LogP contribution in [0.3, 0.4) is 0 Å². The zero-order valence-corrected chi connectivity index (χ0v) is 18.5. The molecule has 0 bridgehead atoms. The third kappa shape index (κ3) is 6.29. The van der Waals surface area contributed by atoms with Gasteiger partial charge >= 0.3 is 0 Å². The molecule has 0 aliphatic heterocycles. The number of thiazole rings is 1. The van der Waals surface area contributed by atoms with E-state index in [4.69, 9.17) is 16.3 Å². The molecule has 0 unspecified atom stereocenters. The zero-order valence-electron chi connectivity index (χ0n) is 16.9. The number of hydrogen-bond acceptors (Lipinski definition) is 5. The highest BCUT2D eigenvalue weighted by Gasteiger charge is 2.14. The number of rotatable bonds is 8. The van der Waals surface area contributed by atoms with E-state index >= 15 is 0 Å². The third-order valence-electron chi connectivity index (χ3n) is 4.27. The van der Waals surface area contributed by atoms with Crippen LogP contribution in [0.2, 0.25) is 5.02 Å². The average Bonchev–Trinajstić information content (AvgIpc) is 3.19. The van der Waals surface area contributed by atoms with Gasteiger partial charge in [-0.2, -0.15) is 5.26 Å². The molecular formula is C24H20ClN3O2S. The minimum absolute atomic E-state index is 0.0824. The summed E-state index contributed by atoms with van der Waals surface area (Å²) in [7, 11) is 0. The molecule has 5 nitrogen and oxygen atoms in total. The summed E-state index contributed by atoms with van der Waals surface area (Å²) in [4.78, 5) is 17.9. The fourth-order valence-corrected chi connectivity index (χ4v) is 3.76. The number of hydrogen-bond donors (Lipinski definition) is 1. The Kier molecular flexibility index (Phi) is 7.60. The molecule has 1 heterocycles. The van der Waals surface area contributed by atoms with E-state index in [2.05, 4.69) is 41.1 Å². The fourth-order valence-electron chi connectivity index (χ4n) is 2.73. The molecule has 2 aromatic carbocycles. The normalized spacial score (nSPS) is 10.9. The molecule has 156 valence electrons. The predicted octanol–water partition coefficient (Wildman–Crippen LogP) is 5.81. The van der Waals surface area contributed by atoms with Crippen molar-refractivity contribution < 1.29 is 9.53 Å². The van der Waals surface area contributed by atoms with E-state index in [0.717, 1.165) is 16.9 Å². The molecule has 0 spiro atoms. The van der Waals surface area contributed by atoms with E-state index in [1.54, 1.807) is 30.5 Å². The van der Waals surface area contributed by atoms with Gasteiger partial charge < -0.3 is 4.74 Å². The molecule has 1 N–H and O–H groups in total. The van der Waals surface area contributed by atoms with Gasteiger partial charge in [0.05, 0.1) is 0 Å². The van der Waals surface area contributed by atoms with Gasteiger partial charge in [-0.05, 0) is 36.8 Å². The van der Waals surface area contributed by atoms with Crippen molar-refractivity contribution in [2.75, 3.05) is 11.9 Å². The van der Waals surface area contributed by atoms with Crippen LogP contribution in [0.1, 0.15) is 21.6 Å². The molecule has 3 aromatic rings. The number of anilines is 1. The monoisotopic (exact) mass is 449 g/mol. The number of nitrogens with zero attached hydrogens (tertiary/aromatic N) is 2. The summed E-state index contributed by atoms with van der Waals surface area (Å²) in [5, 5.41) is 13.1. The van der Waals surface area contributed by atoms with Gasteiger partial charge in [0.2, 0.25) is 0 Å². The van der Waals surface area contributed by atoms with E-state index in [0.29, 0.717) is 28.1 Å². The lowest BCUT2D eigenvalue weighted by molar-refractivity contribution is -0.112. The highest BCUT2D eigenvalue weighted by atomic mass is 35.5. The number of nitrogens with one attached hydrogen (secondary N) is 1. The second-order valence-corrected chi connectivity index (χ2v) is 8.25. The maximum atomic E-state index is 12.6. The number of carbonyl (C=O) groups is 1. The Labute approximate surface area is 190 Å². The van der Waals surface area contributed by atoms with E-state index in [1.165, 1.54) is 23.0 Å². The second kappa shape index (κ2) is 10.6. The Hall–Kier alpha value is -3.40. The number of amides is 1. The van der Waals surface area contributed by atoms with E-state index in [9.17, 15) is 10.1 Å². The van der Waals surface area contributed by atoms with E-state index in [-0.39, 0.29) is 5.57 Å². The highest BCUT2D eigenvalue weighted by molar-refractivity contribution is 7.15. The van der Waals surface area contributed by atoms with Gasteiger partial charge in [-0.3, -0.25) is 10.1 Å². The van der Waals surface area contributed by atoms with Crippen molar-refractivity contribution in [1.29, 1.82) is 5.26 Å². The van der Waals surface area contributed by atoms with Crippen LogP contribution < -0.4 is 10.1 Å². The molecule has 0 aliphatic rings. The van der Waals surface area contributed by atoms with Crippen molar-refractivity contribution in [3.63, 3.8) is 0 Å². The summed E-state index contributed by atoms with van der Waals surface area (Å²) in [6.07, 6.45) is 5.51. The van der Waals surface area contributed by atoms with Crippen LogP contribution in [0, 0.1) is 18.3 Å². The summed E-state index contributed by atoms with van der Waals surface area (Å²) in [6, 6.07) is 15.2. The van der Waals surface area contributed by atoms with E-state index in [1.807, 2.05) is 13.0 Å². The summed E-state index contributed by atoms with van der Waals surface area (Å²) >= 11 is 7.44. The number of aryl methyl sites for hydroxylation is 1. The standard InChI is InChI=1S/C24H20ClN3O2S/c1-3-10-30-22-9-8-20(25)13-18(22)12-19(14-26)23(29)28-24-27-15-21(31-24)11-17-6-4-16(2)5-7-17/h3-9,12-13,15H,1,10-11H2,2H3,(H,27,28,29)/b19-12+. The van der Waals surface area contributed by atoms with Crippen LogP contribution in [0.15, 0.2) is 66.9 Å². The minimum atomic E-state index is -0.548. The number of ether oxygens (including phenoxy) is 1. The first-order chi connectivity index (χ1) is 15.0. The number of benzene rings is 2. The first-order valence-electron chi connectivity index (χ1n) is 9.45. The van der Waals surface area contributed by atoms with Crippen molar-refractivity contribution in [3.8, 4) is 11.8 Å². The topological polar surface area (TPSA) is 75.0 Å². The highest BCUT2D eigenvalue weighted by Crippen LogP contribution is 2.26. The van der Waals surface area contributed by atoms with Crippen LogP contribution in [0.25, 0.3) is 6.08 Å². The molecule has 0 fully saturated rings. The van der Waals surface area contributed by atoms with Crippen LogP contribution >= 0.6 is 22.9 Å². The minimum Gasteiger partial charge on any atom is -0.489 e. The van der Waals surface area contributed by atoms with Crippen molar-refractivity contribution >= 4 is 40.1 Å². The molecule has 0 saturated heterocycles. The Morgan fingerprint density at radius 3 is 2.81 bits per heavy atom. The molecule has 7 heteroatoms. The van der Waals surface area contributed by atoms with Crippen LogP contribution in [-0.4, -0.2) is 17.5 Å². The van der Waals surface area contributed by atoms with Crippen molar-refractivity contribution in [2.24, 2.45) is 0 Å². The number of nitriles is 1. The number of carbonyl (C=O) groups excluding carboxylic acids is 1. The largest absolute Gasteiger partial charge is 0.489 e. The van der Waals surface area contributed by atoms with Gasteiger partial charge in [0.15, 0.2) is 5.13 Å². The van der Waals surface area contributed by atoms with Gasteiger partial charge in [0.25, 0.3) is 5.91 Å². The Morgan fingerprint density at radius 2 is 2.10 bits per heavy atom. The molecule has 1 aromatic heterocycles. The summed E-state index contributed by atoms with van der Waals surface area (Å²) < 4.78 is 5.58. The number of halogens is 1. The smallest absolute Gasteiger partial charge is 0.268 e. The van der Waals surface area contributed by atoms with Gasteiger partial charge in [-0.15, -0.1) is 11.3 Å². The summed E-state index contributed by atoms with van der Waals surface area (Å²) in [5.74, 6) is -0.0483. The lowest BCUT2D eigenvalue weighted by Crippen LogP contribution is -2.13. The SMILES string of the molecule is C=CCOc1ccc(Cl)cc1/C=C(\C#N)C(=O)Nc1ncc(Cc2ccc(C)cc2)s1. The summed E-state index contributed by atoms with van der Waals surface area (Å²) in [5.41, 5.74) is 2.81. The lowest BCUT2D eigenvalue weighted by Gasteiger charge is -2.08. The van der Waals surface area contributed by atoms with E-state index < -0.39 is 5.91 Å². The predicted molar refractivity (Wildman–Crippen MR) is 125 cm³/mol. The summed E-state index contributed by atoms with van der Waals surface area (Å²) in [6.45, 7) is 5.95. The lowest BCUT2D eigenvalue weighted by atomic mass is 10.1. The Bertz CT molecular complexity index is 1160. The second-order valence-electron chi connectivity index (χ2n) is 6.70. The van der Waals surface area contributed by atoms with Crippen LogP contribution in [0.5, 0.6) is 5.75 Å². The van der Waals surface area contributed by atoms with Crippen molar-refractivity contribution in [2.45, 2.75) is 13.3 Å². The van der Waals surface area contributed by atoms with Crippen LogP contribution in [0.4, 0.5) is 5.13 Å². The molecule has 0 aliphatic carbocycles. The first-order valence-corrected chi connectivity index (χ1v) is 10.6. The fraction of sp³-hybridized carbons (Fsp3) is 0.125. The van der Waals surface area contributed by atoms with Crippen molar-refractivity contribution in [1.82, 2.24) is 4.98 Å². The quantitative estimate of drug-likeness (QED) is 0.267. The molecule has 0 saturated carbocycles. The molecule has 0 radical (unpaired) electrons. The molecule has 31 heavy (non-hydrogen) atoms. The molecule has 3 rings (SSSR count). The maximum Gasteiger partial charge on any atom is 0.268 e. The molecular weight excluding hydrogens is 430 g/mol. The third-order valence-corrected chi connectivity index (χ3v) is 5.41. The average molecular weight is 450 g/mol. The molecule has 0 atom stereocenters. The molecule has 1 amide bonds. The van der Waals surface area contributed by atoms with Gasteiger partial charge in [-0.25, -0.2) is 4.98 Å². The van der Waals surface area contributed by atoms with Gasteiger partial charge in [0, 0.05) is 28.1 Å². The zero-order chi connectivity index (χ0) is 22.2. The van der Waals surface area contributed by atoms with Gasteiger partial charge in [-0.1, -0.05) is 54.1 Å². The van der Waals surface area contributed by atoms with Crippen molar-refractivity contribution in [3.05, 3.63) is 93.5 Å². The number of aromatic nitrogens is 1.